The summed E-state index contributed by atoms with van der Waals surface area (Å²) in [7, 11) is 0. The number of fused-ring (bicyclic) bond motifs is 2. The zero-order chi connectivity index (χ0) is 26.2. The van der Waals surface area contributed by atoms with Gasteiger partial charge in [-0.3, -0.25) is 4.98 Å². The number of nitrogens with zero attached hydrogens (tertiary/aromatic N) is 1. The predicted molar refractivity (Wildman–Crippen MR) is 149 cm³/mol. The number of carbonyl (C=O) groups is 1. The van der Waals surface area contributed by atoms with E-state index in [1.54, 1.807) is 24.5 Å². The Kier molecular flexibility index (Phi) is 6.32. The maximum absolute atomic E-state index is 12.6. The van der Waals surface area contributed by atoms with E-state index in [-0.39, 0.29) is 11.3 Å². The molecule has 2 N–H and O–H groups in total. The van der Waals surface area contributed by atoms with Crippen molar-refractivity contribution in [2.24, 2.45) is 0 Å². The number of rotatable bonds is 6. The van der Waals surface area contributed by atoms with Crippen molar-refractivity contribution in [3.05, 3.63) is 119 Å². The van der Waals surface area contributed by atoms with Gasteiger partial charge in [-0.2, -0.15) is 0 Å². The third-order valence-electron chi connectivity index (χ3n) is 8.43. The standard InChI is InChI=1S/C32H29ClN2O3/c33-24-5-3-6-25(21-24)35-32(30(36)37)16-14-31(15-17-32)28-7-2-1-4-23(28)20-29(31)22-8-10-26(11-9-22)38-27-12-18-34-19-13-27/h1-13,18-19,21,29,35H,14-17,20H2,(H,36,37)/t29-,31?,32?/m1/s1. The highest BCUT2D eigenvalue weighted by molar-refractivity contribution is 6.30. The Morgan fingerprint density at radius 1 is 0.895 bits per heavy atom. The van der Waals surface area contributed by atoms with Crippen LogP contribution in [0.4, 0.5) is 5.69 Å². The van der Waals surface area contributed by atoms with Crippen LogP contribution in [0.3, 0.4) is 0 Å². The van der Waals surface area contributed by atoms with Gasteiger partial charge in [0.15, 0.2) is 0 Å². The number of carboxylic acid groups (broad SMARTS) is 1. The van der Waals surface area contributed by atoms with Crippen LogP contribution in [-0.2, 0) is 16.6 Å². The molecule has 2 aliphatic rings. The van der Waals surface area contributed by atoms with Crippen LogP contribution in [-0.4, -0.2) is 21.6 Å². The van der Waals surface area contributed by atoms with Gasteiger partial charge in [0.1, 0.15) is 17.0 Å². The number of aliphatic carboxylic acids is 1. The van der Waals surface area contributed by atoms with E-state index in [1.165, 1.54) is 16.7 Å². The maximum Gasteiger partial charge on any atom is 0.329 e. The number of halogens is 1. The van der Waals surface area contributed by atoms with E-state index < -0.39 is 11.5 Å². The molecular weight excluding hydrogens is 496 g/mol. The number of aromatic nitrogens is 1. The molecule has 0 bridgehead atoms. The van der Waals surface area contributed by atoms with Gasteiger partial charge in [0.2, 0.25) is 0 Å². The second-order valence-corrected chi connectivity index (χ2v) is 10.9. The van der Waals surface area contributed by atoms with Gasteiger partial charge in [-0.25, -0.2) is 4.79 Å². The molecular formula is C32H29ClN2O3. The summed E-state index contributed by atoms with van der Waals surface area (Å²) in [4.78, 5) is 16.7. The molecule has 6 heteroatoms. The summed E-state index contributed by atoms with van der Waals surface area (Å²) < 4.78 is 5.99. The molecule has 38 heavy (non-hydrogen) atoms. The molecule has 0 aliphatic heterocycles. The zero-order valence-electron chi connectivity index (χ0n) is 20.9. The lowest BCUT2D eigenvalue weighted by Crippen LogP contribution is -2.52. The molecule has 1 aromatic heterocycles. The quantitative estimate of drug-likeness (QED) is 0.271. The van der Waals surface area contributed by atoms with Crippen molar-refractivity contribution in [1.82, 2.24) is 4.98 Å². The summed E-state index contributed by atoms with van der Waals surface area (Å²) >= 11 is 6.19. The molecule has 0 unspecified atom stereocenters. The fourth-order valence-corrected chi connectivity index (χ4v) is 6.70. The van der Waals surface area contributed by atoms with Crippen LogP contribution in [0.1, 0.15) is 48.3 Å². The van der Waals surface area contributed by atoms with Crippen LogP contribution in [0.2, 0.25) is 5.02 Å². The SMILES string of the molecule is O=C(O)C1(Nc2cccc(Cl)c2)CCC2(CC1)c1ccccc1C[C@@H]2c1ccc(Oc2ccncc2)cc1. The number of hydrogen-bond acceptors (Lipinski definition) is 4. The Morgan fingerprint density at radius 3 is 2.32 bits per heavy atom. The predicted octanol–water partition coefficient (Wildman–Crippen LogP) is 7.61. The molecule has 1 saturated carbocycles. The number of benzene rings is 3. The highest BCUT2D eigenvalue weighted by Gasteiger charge is 2.54. The molecule has 4 aromatic rings. The van der Waals surface area contributed by atoms with Crippen molar-refractivity contribution in [3.8, 4) is 11.5 Å². The maximum atomic E-state index is 12.6. The number of pyridine rings is 1. The third kappa shape index (κ3) is 4.41. The Labute approximate surface area is 227 Å². The fourth-order valence-electron chi connectivity index (χ4n) is 6.51. The highest BCUT2D eigenvalue weighted by Crippen LogP contribution is 2.58. The average Bonchev–Trinajstić information content (AvgIpc) is 3.25. The molecule has 2 aliphatic carbocycles. The minimum absolute atomic E-state index is 0.112. The molecule has 0 radical (unpaired) electrons. The number of ether oxygens (including phenoxy) is 1. The van der Waals surface area contributed by atoms with Crippen LogP contribution >= 0.6 is 11.6 Å². The summed E-state index contributed by atoms with van der Waals surface area (Å²) in [5.41, 5.74) is 3.58. The number of hydrogen-bond donors (Lipinski definition) is 2. The van der Waals surface area contributed by atoms with Crippen LogP contribution in [0.15, 0.2) is 97.3 Å². The van der Waals surface area contributed by atoms with Gasteiger partial charge in [-0.1, -0.05) is 54.1 Å². The van der Waals surface area contributed by atoms with Crippen molar-refractivity contribution in [2.75, 3.05) is 5.32 Å². The van der Waals surface area contributed by atoms with Gasteiger partial charge in [0.25, 0.3) is 0 Å². The van der Waals surface area contributed by atoms with Crippen LogP contribution in [0, 0.1) is 0 Å². The van der Waals surface area contributed by atoms with E-state index >= 15 is 0 Å². The molecule has 1 heterocycles. The summed E-state index contributed by atoms with van der Waals surface area (Å²) in [6.07, 6.45) is 7.00. The minimum atomic E-state index is -1.03. The summed E-state index contributed by atoms with van der Waals surface area (Å²) in [6, 6.07) is 28.0. The molecule has 1 atom stereocenters. The summed E-state index contributed by atoms with van der Waals surface area (Å²) in [6.45, 7) is 0. The Morgan fingerprint density at radius 2 is 1.61 bits per heavy atom. The lowest BCUT2D eigenvalue weighted by atomic mass is 9.59. The average molecular weight is 525 g/mol. The van der Waals surface area contributed by atoms with E-state index in [0.717, 1.165) is 36.4 Å². The third-order valence-corrected chi connectivity index (χ3v) is 8.66. The smallest absolute Gasteiger partial charge is 0.329 e. The first kappa shape index (κ1) is 24.5. The summed E-state index contributed by atoms with van der Waals surface area (Å²) in [5, 5.41) is 14.3. The van der Waals surface area contributed by atoms with Gasteiger partial charge < -0.3 is 15.2 Å². The molecule has 0 saturated heterocycles. The van der Waals surface area contributed by atoms with E-state index in [2.05, 4.69) is 46.7 Å². The first-order valence-corrected chi connectivity index (χ1v) is 13.4. The number of carboxylic acids is 1. The number of nitrogens with one attached hydrogen (secondary N) is 1. The molecule has 1 spiro atoms. The van der Waals surface area contributed by atoms with Gasteiger partial charge in [0, 0.05) is 28.5 Å². The Bertz CT molecular complexity index is 1450. The van der Waals surface area contributed by atoms with Crippen LogP contribution < -0.4 is 10.1 Å². The van der Waals surface area contributed by atoms with Gasteiger partial charge >= 0.3 is 5.97 Å². The van der Waals surface area contributed by atoms with E-state index in [4.69, 9.17) is 16.3 Å². The normalized spacial score (nSPS) is 24.1. The molecule has 0 amide bonds. The van der Waals surface area contributed by atoms with Crippen molar-refractivity contribution in [2.45, 2.75) is 49.0 Å². The van der Waals surface area contributed by atoms with Gasteiger partial charge in [-0.05, 0) is 97.2 Å². The van der Waals surface area contributed by atoms with E-state index in [0.29, 0.717) is 17.9 Å². The van der Waals surface area contributed by atoms with E-state index in [9.17, 15) is 9.90 Å². The molecule has 5 nitrogen and oxygen atoms in total. The van der Waals surface area contributed by atoms with Gasteiger partial charge in [-0.15, -0.1) is 0 Å². The van der Waals surface area contributed by atoms with Crippen molar-refractivity contribution in [3.63, 3.8) is 0 Å². The van der Waals surface area contributed by atoms with E-state index in [1.807, 2.05) is 36.4 Å². The Balaban J connectivity index is 1.29. The molecule has 3 aromatic carbocycles. The zero-order valence-corrected chi connectivity index (χ0v) is 21.7. The number of anilines is 1. The summed E-state index contributed by atoms with van der Waals surface area (Å²) in [5.74, 6) is 0.992. The second-order valence-electron chi connectivity index (χ2n) is 10.4. The first-order valence-electron chi connectivity index (χ1n) is 13.0. The first-order chi connectivity index (χ1) is 18.5. The monoisotopic (exact) mass is 524 g/mol. The van der Waals surface area contributed by atoms with Gasteiger partial charge in [0.05, 0.1) is 0 Å². The van der Waals surface area contributed by atoms with Crippen LogP contribution in [0.5, 0.6) is 11.5 Å². The lowest BCUT2D eigenvalue weighted by molar-refractivity contribution is -0.144. The minimum Gasteiger partial charge on any atom is -0.480 e. The van der Waals surface area contributed by atoms with Crippen molar-refractivity contribution < 1.29 is 14.6 Å². The second kappa shape index (κ2) is 9.80. The fraction of sp³-hybridized carbons (Fsp3) is 0.250. The molecule has 192 valence electrons. The lowest BCUT2D eigenvalue weighted by Gasteiger charge is -2.47. The topological polar surface area (TPSA) is 71.5 Å². The van der Waals surface area contributed by atoms with Crippen molar-refractivity contribution in [1.29, 1.82) is 0 Å². The highest BCUT2D eigenvalue weighted by atomic mass is 35.5. The van der Waals surface area contributed by atoms with Crippen molar-refractivity contribution >= 4 is 23.3 Å². The molecule has 1 fully saturated rings. The van der Waals surface area contributed by atoms with Crippen LogP contribution in [0.25, 0.3) is 0 Å². The largest absolute Gasteiger partial charge is 0.480 e. The Hall–Kier alpha value is -3.83. The molecule has 6 rings (SSSR count).